The van der Waals surface area contributed by atoms with Crippen molar-refractivity contribution >= 4 is 40.1 Å². The van der Waals surface area contributed by atoms with Crippen molar-refractivity contribution in [1.82, 2.24) is 4.90 Å². The monoisotopic (exact) mass is 425 g/mol. The van der Waals surface area contributed by atoms with E-state index in [2.05, 4.69) is 11.4 Å². The Morgan fingerprint density at radius 2 is 1.77 bits per heavy atom. The number of hydrogen-bond donors (Lipinski definition) is 1. The van der Waals surface area contributed by atoms with E-state index in [0.717, 1.165) is 28.1 Å². The van der Waals surface area contributed by atoms with Gasteiger partial charge in [0.25, 0.3) is 0 Å². The highest BCUT2D eigenvalue weighted by Crippen LogP contribution is 2.32. The summed E-state index contributed by atoms with van der Waals surface area (Å²) in [7, 11) is 1.60. The number of amidine groups is 1. The topological polar surface area (TPSA) is 71.0 Å². The second-order valence-corrected chi connectivity index (χ2v) is 8.62. The lowest BCUT2D eigenvalue weighted by atomic mass is 10.1. The molecule has 1 aliphatic heterocycles. The molecule has 2 aromatic rings. The molecule has 3 rings (SSSR count). The summed E-state index contributed by atoms with van der Waals surface area (Å²) in [6.07, 6.45) is 0.0900. The van der Waals surface area contributed by atoms with Crippen LogP contribution in [0.2, 0.25) is 0 Å². The molecule has 2 amide bonds. The molecule has 30 heavy (non-hydrogen) atoms. The molecule has 158 valence electrons. The van der Waals surface area contributed by atoms with Crippen LogP contribution >= 0.6 is 11.8 Å². The molecule has 0 radical (unpaired) electrons. The molecule has 1 N–H and O–H groups in total. The van der Waals surface area contributed by atoms with Gasteiger partial charge in [0.1, 0.15) is 5.25 Å². The number of aliphatic imine (C=N–C) groups is 1. The zero-order valence-electron chi connectivity index (χ0n) is 17.8. The molecule has 1 fully saturated rings. The first kappa shape index (κ1) is 22.1. The second-order valence-electron chi connectivity index (χ2n) is 7.45. The van der Waals surface area contributed by atoms with Gasteiger partial charge in [-0.05, 0) is 56.2 Å². The van der Waals surface area contributed by atoms with E-state index in [4.69, 9.17) is 9.73 Å². The number of nitrogens with one attached hydrogen (secondary N) is 1. The van der Waals surface area contributed by atoms with Gasteiger partial charge in [-0.3, -0.25) is 14.5 Å². The van der Waals surface area contributed by atoms with E-state index in [1.807, 2.05) is 57.2 Å². The van der Waals surface area contributed by atoms with Crippen molar-refractivity contribution in [1.29, 1.82) is 0 Å². The highest BCUT2D eigenvalue weighted by molar-refractivity contribution is 8.15. The number of nitrogens with zero attached hydrogens (tertiary/aromatic N) is 2. The van der Waals surface area contributed by atoms with Gasteiger partial charge < -0.3 is 10.1 Å². The number of carbonyl (C=O) groups excluding carboxylic acids is 2. The quantitative estimate of drug-likeness (QED) is 0.721. The lowest BCUT2D eigenvalue weighted by Crippen LogP contribution is -2.35. The fourth-order valence-corrected chi connectivity index (χ4v) is 4.44. The average molecular weight is 426 g/mol. The summed E-state index contributed by atoms with van der Waals surface area (Å²) in [6, 6.07) is 13.6. The van der Waals surface area contributed by atoms with Crippen molar-refractivity contribution in [2.75, 3.05) is 25.6 Å². The van der Waals surface area contributed by atoms with Crippen LogP contribution in [0.1, 0.15) is 23.1 Å². The van der Waals surface area contributed by atoms with Crippen molar-refractivity contribution in [3.05, 3.63) is 59.2 Å². The van der Waals surface area contributed by atoms with E-state index in [1.54, 1.807) is 12.0 Å². The maximum Gasteiger partial charge on any atom is 0.242 e. The predicted molar refractivity (Wildman–Crippen MR) is 122 cm³/mol. The van der Waals surface area contributed by atoms with Crippen LogP contribution < -0.4 is 5.32 Å². The van der Waals surface area contributed by atoms with E-state index in [1.165, 1.54) is 11.8 Å². The average Bonchev–Trinajstić information content (AvgIpc) is 2.95. The van der Waals surface area contributed by atoms with Crippen LogP contribution in [0.25, 0.3) is 0 Å². The molecule has 0 aliphatic carbocycles. The van der Waals surface area contributed by atoms with Gasteiger partial charge in [-0.15, -0.1) is 0 Å². The van der Waals surface area contributed by atoms with Crippen LogP contribution in [0.5, 0.6) is 0 Å². The normalized spacial score (nSPS) is 17.6. The van der Waals surface area contributed by atoms with E-state index < -0.39 is 5.25 Å². The summed E-state index contributed by atoms with van der Waals surface area (Å²) in [5.74, 6) is -0.303. The zero-order valence-corrected chi connectivity index (χ0v) is 18.6. The number of ether oxygens (including phenoxy) is 1. The molecule has 1 atom stereocenters. The fraction of sp³-hybridized carbons (Fsp3) is 0.348. The second kappa shape index (κ2) is 9.91. The van der Waals surface area contributed by atoms with Crippen molar-refractivity contribution < 1.29 is 14.3 Å². The van der Waals surface area contributed by atoms with Crippen LogP contribution in [-0.4, -0.2) is 47.4 Å². The number of amides is 2. The Bertz CT molecular complexity index is 936. The smallest absolute Gasteiger partial charge is 0.242 e. The van der Waals surface area contributed by atoms with Crippen molar-refractivity contribution in [2.24, 2.45) is 4.99 Å². The minimum absolute atomic E-state index is 0.0900. The first-order valence-electron chi connectivity index (χ1n) is 9.86. The lowest BCUT2D eigenvalue weighted by Gasteiger charge is -2.16. The van der Waals surface area contributed by atoms with Gasteiger partial charge in [-0.2, -0.15) is 0 Å². The first-order valence-corrected chi connectivity index (χ1v) is 10.7. The van der Waals surface area contributed by atoms with Gasteiger partial charge in [-0.1, -0.05) is 35.5 Å². The van der Waals surface area contributed by atoms with Gasteiger partial charge in [0.05, 0.1) is 18.8 Å². The largest absolute Gasteiger partial charge is 0.383 e. The molecule has 1 aliphatic rings. The molecule has 0 saturated carbocycles. The van der Waals surface area contributed by atoms with E-state index in [9.17, 15) is 9.59 Å². The van der Waals surface area contributed by atoms with Crippen LogP contribution in [0, 0.1) is 20.8 Å². The molecule has 1 unspecified atom stereocenters. The third-order valence-electron chi connectivity index (χ3n) is 4.68. The molecular formula is C23H27N3O3S. The standard InChI is InChI=1S/C23H27N3O3S/c1-15-5-7-18(8-6-15)24-21(27)14-20-22(28)26(9-10-29-4)23(30-20)25-19-12-16(2)11-17(3)13-19/h5-8,11-13,20H,9-10,14H2,1-4H3,(H,24,27). The summed E-state index contributed by atoms with van der Waals surface area (Å²) in [6.45, 7) is 6.84. The Labute approximate surface area is 181 Å². The number of thioether (sulfide) groups is 1. The predicted octanol–water partition coefficient (Wildman–Crippen LogP) is 4.22. The van der Waals surface area contributed by atoms with Crippen LogP contribution in [0.15, 0.2) is 47.5 Å². The van der Waals surface area contributed by atoms with Crippen LogP contribution in [0.3, 0.4) is 0 Å². The van der Waals surface area contributed by atoms with Gasteiger partial charge in [-0.25, -0.2) is 4.99 Å². The molecule has 0 bridgehead atoms. The first-order chi connectivity index (χ1) is 14.4. The van der Waals surface area contributed by atoms with Gasteiger partial charge in [0.2, 0.25) is 11.8 Å². The molecule has 0 aromatic heterocycles. The van der Waals surface area contributed by atoms with E-state index in [-0.39, 0.29) is 18.2 Å². The molecule has 7 heteroatoms. The van der Waals surface area contributed by atoms with Crippen LogP contribution in [0.4, 0.5) is 11.4 Å². The Morgan fingerprint density at radius 3 is 2.40 bits per heavy atom. The highest BCUT2D eigenvalue weighted by Gasteiger charge is 2.39. The summed E-state index contributed by atoms with van der Waals surface area (Å²) in [5, 5.41) is 2.97. The van der Waals surface area contributed by atoms with Crippen LogP contribution in [-0.2, 0) is 14.3 Å². The molecule has 0 spiro atoms. The zero-order chi connectivity index (χ0) is 21.7. The highest BCUT2D eigenvalue weighted by atomic mass is 32.2. The Balaban J connectivity index is 1.75. The van der Waals surface area contributed by atoms with Gasteiger partial charge >= 0.3 is 0 Å². The minimum atomic E-state index is -0.503. The number of aryl methyl sites for hydroxylation is 3. The Kier molecular flexibility index (Phi) is 7.29. The lowest BCUT2D eigenvalue weighted by molar-refractivity contribution is -0.128. The number of rotatable bonds is 7. The number of anilines is 1. The molecule has 1 heterocycles. The van der Waals surface area contributed by atoms with Crippen molar-refractivity contribution in [3.8, 4) is 0 Å². The maximum atomic E-state index is 13.0. The SMILES string of the molecule is COCCN1C(=O)C(CC(=O)Nc2ccc(C)cc2)SC1=Nc1cc(C)cc(C)c1. The van der Waals surface area contributed by atoms with Crippen molar-refractivity contribution in [3.63, 3.8) is 0 Å². The summed E-state index contributed by atoms with van der Waals surface area (Å²) < 4.78 is 5.16. The molecule has 1 saturated heterocycles. The number of carbonyl (C=O) groups is 2. The van der Waals surface area contributed by atoms with Gasteiger partial charge in [0, 0.05) is 19.2 Å². The summed E-state index contributed by atoms with van der Waals surface area (Å²) in [5.41, 5.74) is 4.87. The van der Waals surface area contributed by atoms with E-state index in [0.29, 0.717) is 18.3 Å². The maximum absolute atomic E-state index is 13.0. The Morgan fingerprint density at radius 1 is 1.10 bits per heavy atom. The Hall–Kier alpha value is -2.64. The summed E-state index contributed by atoms with van der Waals surface area (Å²) >= 11 is 1.34. The molecule has 6 nitrogen and oxygen atoms in total. The number of methoxy groups -OCH3 is 1. The van der Waals surface area contributed by atoms with E-state index >= 15 is 0 Å². The minimum Gasteiger partial charge on any atom is -0.383 e. The number of hydrogen-bond acceptors (Lipinski definition) is 5. The number of benzene rings is 2. The van der Waals surface area contributed by atoms with Gasteiger partial charge in [0.15, 0.2) is 5.17 Å². The molecule has 2 aromatic carbocycles. The summed E-state index contributed by atoms with van der Waals surface area (Å²) in [4.78, 5) is 31.8. The third kappa shape index (κ3) is 5.70. The molecular weight excluding hydrogens is 398 g/mol. The van der Waals surface area contributed by atoms with Crippen molar-refractivity contribution in [2.45, 2.75) is 32.4 Å². The third-order valence-corrected chi connectivity index (χ3v) is 5.85. The fourth-order valence-electron chi connectivity index (χ4n) is 3.26.